The number of halogens is 3. The van der Waals surface area contributed by atoms with Crippen LogP contribution in [0.4, 0.5) is 21.5 Å². The Balaban J connectivity index is 1.49. The maximum atomic E-state index is 13.9. The average Bonchev–Trinajstić information content (AvgIpc) is 3.57. The van der Waals surface area contributed by atoms with Crippen molar-refractivity contribution < 1.29 is 4.39 Å². The molecule has 3 aromatic rings. The molecule has 5 rings (SSSR count). The molecule has 2 aliphatic rings. The number of hydrogen-bond acceptors (Lipinski definition) is 9. The molecule has 0 radical (unpaired) electrons. The third-order valence-corrected chi connectivity index (χ3v) is 9.60. The van der Waals surface area contributed by atoms with Crippen LogP contribution in [0.2, 0.25) is 10.0 Å². The number of nitrogens with zero attached hydrogens (tertiary/aromatic N) is 5. The fourth-order valence-corrected chi connectivity index (χ4v) is 6.68. The topological polar surface area (TPSA) is 94.5 Å². The Morgan fingerprint density at radius 3 is 2.52 bits per heavy atom. The van der Waals surface area contributed by atoms with Gasteiger partial charge in [-0.1, -0.05) is 48.0 Å². The van der Waals surface area contributed by atoms with Crippen LogP contribution in [0.5, 0.6) is 0 Å². The lowest BCUT2D eigenvalue weighted by molar-refractivity contribution is 0.0570. The first-order chi connectivity index (χ1) is 23.8. The molecule has 0 unspecified atom stereocenters. The molecule has 2 aliphatic heterocycles. The summed E-state index contributed by atoms with van der Waals surface area (Å²) in [4.78, 5) is 9.15. The first-order valence-corrected chi connectivity index (χ1v) is 17.5. The van der Waals surface area contributed by atoms with Gasteiger partial charge in [0.2, 0.25) is 0 Å². The third-order valence-electron chi connectivity index (χ3n) is 9.02. The van der Waals surface area contributed by atoms with Crippen LogP contribution in [0.1, 0.15) is 46.1 Å². The maximum absolute atomic E-state index is 13.9. The van der Waals surface area contributed by atoms with Gasteiger partial charge in [0.25, 0.3) is 0 Å². The molecule has 3 heterocycles. The zero-order chi connectivity index (χ0) is 36.2. The number of likely N-dealkylation sites (tertiary alicyclic amines) is 1. The van der Waals surface area contributed by atoms with Crippen LogP contribution >= 0.6 is 23.2 Å². The molecule has 1 aromatic heterocycles. The molecule has 1 atom stereocenters. The third kappa shape index (κ3) is 8.78. The second-order valence-corrected chi connectivity index (χ2v) is 14.8. The molecule has 50 heavy (non-hydrogen) atoms. The minimum atomic E-state index is -0.534. The molecule has 9 nitrogen and oxygen atoms in total. The van der Waals surface area contributed by atoms with E-state index < -0.39 is 5.82 Å². The Kier molecular flexibility index (Phi) is 11.8. The fraction of sp³-hybridized carbons (Fsp3) is 0.368. The van der Waals surface area contributed by atoms with E-state index in [0.717, 1.165) is 49.3 Å². The molecule has 2 aromatic carbocycles. The van der Waals surface area contributed by atoms with Gasteiger partial charge in [0.1, 0.15) is 11.9 Å². The number of fused-ring (bicyclic) bond motifs is 1. The molecule has 0 saturated carbocycles. The van der Waals surface area contributed by atoms with Crippen LogP contribution in [0.3, 0.4) is 0 Å². The molecular weight excluding hydrogens is 672 g/mol. The second-order valence-electron chi connectivity index (χ2n) is 14.0. The first kappa shape index (κ1) is 37.2. The molecule has 0 bridgehead atoms. The SMILES string of the molecule is C=C(/C=C\C(=C/C)CN(C)C)[C@H](Nc1cc(Cl)c2ncc(C#N)c(Nc3ccc(F)c(Cl)c3)c2c1)C1=CN(C2CCN(C(C)(C)C)CC2)NN1. The summed E-state index contributed by atoms with van der Waals surface area (Å²) >= 11 is 12.9. The van der Waals surface area contributed by atoms with E-state index in [1.165, 1.54) is 18.3 Å². The van der Waals surface area contributed by atoms with Gasteiger partial charge < -0.3 is 21.0 Å². The molecule has 12 heteroatoms. The molecule has 1 saturated heterocycles. The van der Waals surface area contributed by atoms with Crippen molar-refractivity contribution in [2.24, 2.45) is 0 Å². The zero-order valence-electron chi connectivity index (χ0n) is 29.5. The molecule has 0 aliphatic carbocycles. The highest BCUT2D eigenvalue weighted by atomic mass is 35.5. The smallest absolute Gasteiger partial charge is 0.141 e. The number of anilines is 3. The summed E-state index contributed by atoms with van der Waals surface area (Å²) in [5.41, 5.74) is 12.3. The summed E-state index contributed by atoms with van der Waals surface area (Å²) in [5, 5.41) is 20.0. The number of likely N-dealkylation sites (N-methyl/N-ethyl adjacent to an activating group) is 1. The lowest BCUT2D eigenvalue weighted by Gasteiger charge is -2.42. The summed E-state index contributed by atoms with van der Waals surface area (Å²) in [6, 6.07) is 10.2. The Labute approximate surface area is 305 Å². The molecule has 264 valence electrons. The number of hydrogen-bond donors (Lipinski definition) is 4. The van der Waals surface area contributed by atoms with Crippen molar-refractivity contribution in [2.75, 3.05) is 44.4 Å². The minimum Gasteiger partial charge on any atom is -0.373 e. The number of pyridine rings is 1. The number of nitriles is 1. The predicted octanol–water partition coefficient (Wildman–Crippen LogP) is 8.13. The Hall–Kier alpha value is -4.11. The van der Waals surface area contributed by atoms with Crippen molar-refractivity contribution in [3.63, 3.8) is 0 Å². The monoisotopic (exact) mass is 717 g/mol. The van der Waals surface area contributed by atoms with Crippen molar-refractivity contribution in [1.82, 2.24) is 30.8 Å². The van der Waals surface area contributed by atoms with E-state index >= 15 is 0 Å². The Morgan fingerprint density at radius 2 is 1.88 bits per heavy atom. The van der Waals surface area contributed by atoms with E-state index in [9.17, 15) is 9.65 Å². The van der Waals surface area contributed by atoms with Gasteiger partial charge in [-0.15, -0.1) is 5.53 Å². The quantitative estimate of drug-likeness (QED) is 0.147. The first-order valence-electron chi connectivity index (χ1n) is 16.7. The van der Waals surface area contributed by atoms with Crippen molar-refractivity contribution in [1.29, 1.82) is 5.26 Å². The number of nitrogens with one attached hydrogen (secondary N) is 4. The highest BCUT2D eigenvalue weighted by molar-refractivity contribution is 6.36. The van der Waals surface area contributed by atoms with Gasteiger partial charge >= 0.3 is 0 Å². The molecule has 1 fully saturated rings. The van der Waals surface area contributed by atoms with Gasteiger partial charge in [-0.05, 0) is 96.1 Å². The summed E-state index contributed by atoms with van der Waals surface area (Å²) in [7, 11) is 4.08. The van der Waals surface area contributed by atoms with Gasteiger partial charge in [0.15, 0.2) is 0 Å². The molecule has 0 spiro atoms. The lowest BCUT2D eigenvalue weighted by atomic mass is 9.98. The van der Waals surface area contributed by atoms with Gasteiger partial charge in [-0.3, -0.25) is 14.9 Å². The van der Waals surface area contributed by atoms with E-state index in [2.05, 4.69) is 93.2 Å². The minimum absolute atomic E-state index is 0.0342. The van der Waals surface area contributed by atoms with Crippen LogP contribution in [-0.4, -0.2) is 71.1 Å². The fourth-order valence-electron chi connectivity index (χ4n) is 6.23. The lowest BCUT2D eigenvalue weighted by Crippen LogP contribution is -2.52. The summed E-state index contributed by atoms with van der Waals surface area (Å²) < 4.78 is 13.9. The van der Waals surface area contributed by atoms with Crippen molar-refractivity contribution >= 4 is 51.2 Å². The molecular formula is C38H46Cl2FN9. The number of allylic oxidation sites excluding steroid dienone is 1. The van der Waals surface area contributed by atoms with Crippen LogP contribution in [0.25, 0.3) is 10.9 Å². The van der Waals surface area contributed by atoms with Gasteiger partial charge in [0.05, 0.1) is 38.6 Å². The Morgan fingerprint density at radius 1 is 1.16 bits per heavy atom. The number of rotatable bonds is 11. The van der Waals surface area contributed by atoms with Crippen LogP contribution in [0, 0.1) is 17.1 Å². The van der Waals surface area contributed by atoms with E-state index in [1.54, 1.807) is 6.07 Å². The maximum Gasteiger partial charge on any atom is 0.141 e. The highest BCUT2D eigenvalue weighted by Crippen LogP contribution is 2.36. The number of aromatic nitrogens is 1. The van der Waals surface area contributed by atoms with Gasteiger partial charge in [-0.25, -0.2) is 4.39 Å². The van der Waals surface area contributed by atoms with Crippen LogP contribution in [0.15, 0.2) is 84.4 Å². The number of benzene rings is 2. The van der Waals surface area contributed by atoms with Gasteiger partial charge in [-0.2, -0.15) is 5.26 Å². The van der Waals surface area contributed by atoms with E-state index in [1.807, 2.05) is 39.2 Å². The van der Waals surface area contributed by atoms with Crippen molar-refractivity contribution in [3.05, 3.63) is 106 Å². The predicted molar refractivity (Wildman–Crippen MR) is 205 cm³/mol. The van der Waals surface area contributed by atoms with E-state index in [0.29, 0.717) is 44.6 Å². The summed E-state index contributed by atoms with van der Waals surface area (Å²) in [5.74, 6) is -0.534. The normalized spacial score (nSPS) is 16.9. The molecule has 0 amide bonds. The Bertz CT molecular complexity index is 1860. The number of piperidine rings is 1. The average molecular weight is 719 g/mol. The summed E-state index contributed by atoms with van der Waals surface area (Å²) in [6.07, 6.45) is 11.9. The molecule has 4 N–H and O–H groups in total. The van der Waals surface area contributed by atoms with Crippen LogP contribution in [-0.2, 0) is 0 Å². The second kappa shape index (κ2) is 15.8. The van der Waals surface area contributed by atoms with E-state index in [4.69, 9.17) is 23.2 Å². The highest BCUT2D eigenvalue weighted by Gasteiger charge is 2.32. The largest absolute Gasteiger partial charge is 0.373 e. The van der Waals surface area contributed by atoms with Crippen molar-refractivity contribution in [2.45, 2.75) is 58.2 Å². The van der Waals surface area contributed by atoms with Gasteiger partial charge in [0, 0.05) is 60.4 Å². The standard InChI is InChI=1S/C38H46Cl2FN9/c1-8-25(22-48(6)7)10-9-24(2)35(34-23-50(47-46-34)29-13-15-49(16-14-29)38(3,4)5)45-28-17-30-36(44-27-11-12-33(41)31(39)18-27)26(20-42)21-43-37(30)32(40)19-28/h8-12,17-19,21,23,29,35,45-47H,2,13-16,22H2,1,3-7H3,(H,43,44)/b10-9-,25-8+/t35-/m0/s1. The summed E-state index contributed by atoms with van der Waals surface area (Å²) in [6.45, 7) is 16.2. The van der Waals surface area contributed by atoms with Crippen LogP contribution < -0.4 is 21.6 Å². The van der Waals surface area contributed by atoms with E-state index in [-0.39, 0.29) is 16.6 Å². The number of hydrazine groups is 2. The zero-order valence-corrected chi connectivity index (χ0v) is 31.1. The van der Waals surface area contributed by atoms with Crippen molar-refractivity contribution in [3.8, 4) is 6.07 Å².